The first-order valence-corrected chi connectivity index (χ1v) is 10.9. The van der Waals surface area contributed by atoms with Gasteiger partial charge < -0.3 is 14.6 Å². The molecule has 7 heteroatoms. The molecule has 1 aliphatic rings. The van der Waals surface area contributed by atoms with Crippen LogP contribution in [-0.4, -0.2) is 37.4 Å². The predicted molar refractivity (Wildman–Crippen MR) is 104 cm³/mol. The van der Waals surface area contributed by atoms with Crippen LogP contribution in [0, 0.1) is 6.92 Å². The van der Waals surface area contributed by atoms with E-state index in [4.69, 9.17) is 9.72 Å². The lowest BCUT2D eigenvalue weighted by Gasteiger charge is -2.26. The molecule has 1 N–H and O–H groups in total. The summed E-state index contributed by atoms with van der Waals surface area (Å²) in [6.07, 6.45) is 1.22. The zero-order valence-electron chi connectivity index (χ0n) is 15.5. The van der Waals surface area contributed by atoms with Crippen molar-refractivity contribution >= 4 is 20.9 Å². The first-order valence-electron chi connectivity index (χ1n) is 8.97. The van der Waals surface area contributed by atoms with Crippen molar-refractivity contribution in [1.29, 1.82) is 0 Å². The number of ether oxygens (including phenoxy) is 1. The van der Waals surface area contributed by atoms with E-state index in [1.165, 1.54) is 11.8 Å². The highest BCUT2D eigenvalue weighted by Crippen LogP contribution is 2.27. The van der Waals surface area contributed by atoms with E-state index in [9.17, 15) is 8.42 Å². The average Bonchev–Trinajstić information content (AvgIpc) is 3.02. The second kappa shape index (κ2) is 7.07. The fraction of sp³-hybridized carbons (Fsp3) is 0.350. The van der Waals surface area contributed by atoms with Crippen LogP contribution in [0.1, 0.15) is 23.0 Å². The number of para-hydroxylation sites is 1. The number of hydrogen-bond acceptors (Lipinski definition) is 5. The Morgan fingerprint density at radius 2 is 2.00 bits per heavy atom. The molecule has 0 bridgehead atoms. The van der Waals surface area contributed by atoms with Crippen LogP contribution in [0.4, 0.5) is 0 Å². The molecular formula is C20H23N3O3S. The predicted octanol–water partition coefficient (Wildman–Crippen LogP) is 2.61. The SMILES string of the molecule is Cc1cccc2c1nc1n2[C@@H](CNCc2ccc(S(C)(=O)=O)cc2)COC1. The molecule has 27 heavy (non-hydrogen) atoms. The Morgan fingerprint density at radius 1 is 1.22 bits per heavy atom. The summed E-state index contributed by atoms with van der Waals surface area (Å²) in [7, 11) is -3.16. The molecule has 6 nitrogen and oxygen atoms in total. The van der Waals surface area contributed by atoms with Gasteiger partial charge in [-0.1, -0.05) is 24.3 Å². The summed E-state index contributed by atoms with van der Waals surface area (Å²) in [6.45, 7) is 4.68. The number of aryl methyl sites for hydroxylation is 1. The highest BCUT2D eigenvalue weighted by Gasteiger charge is 2.24. The van der Waals surface area contributed by atoms with E-state index in [0.717, 1.165) is 29.0 Å². The third-order valence-electron chi connectivity index (χ3n) is 4.96. The van der Waals surface area contributed by atoms with Gasteiger partial charge in [-0.25, -0.2) is 13.4 Å². The molecule has 0 aliphatic carbocycles. The van der Waals surface area contributed by atoms with Gasteiger partial charge in [-0.15, -0.1) is 0 Å². The molecule has 0 spiro atoms. The quantitative estimate of drug-likeness (QED) is 0.731. The molecule has 1 aromatic heterocycles. The highest BCUT2D eigenvalue weighted by atomic mass is 32.2. The van der Waals surface area contributed by atoms with Crippen LogP contribution >= 0.6 is 0 Å². The van der Waals surface area contributed by atoms with Gasteiger partial charge in [0.15, 0.2) is 9.84 Å². The lowest BCUT2D eigenvalue weighted by Crippen LogP contribution is -2.32. The molecule has 1 atom stereocenters. The third kappa shape index (κ3) is 3.63. The molecular weight excluding hydrogens is 362 g/mol. The zero-order chi connectivity index (χ0) is 19.0. The van der Waals surface area contributed by atoms with Gasteiger partial charge in [-0.3, -0.25) is 0 Å². The highest BCUT2D eigenvalue weighted by molar-refractivity contribution is 7.90. The molecule has 0 saturated carbocycles. The van der Waals surface area contributed by atoms with Crippen molar-refractivity contribution in [3.05, 3.63) is 59.4 Å². The van der Waals surface area contributed by atoms with Gasteiger partial charge in [0.05, 0.1) is 28.6 Å². The molecule has 4 rings (SSSR count). The number of fused-ring (bicyclic) bond motifs is 3. The third-order valence-corrected chi connectivity index (χ3v) is 6.09. The van der Waals surface area contributed by atoms with Crippen molar-refractivity contribution in [2.75, 3.05) is 19.4 Å². The monoisotopic (exact) mass is 385 g/mol. The minimum Gasteiger partial charge on any atom is -0.371 e. The molecule has 1 aliphatic heterocycles. The summed E-state index contributed by atoms with van der Waals surface area (Å²) >= 11 is 0. The first-order chi connectivity index (χ1) is 12.9. The van der Waals surface area contributed by atoms with Gasteiger partial charge >= 0.3 is 0 Å². The Kier molecular flexibility index (Phi) is 4.75. The van der Waals surface area contributed by atoms with Crippen molar-refractivity contribution < 1.29 is 13.2 Å². The van der Waals surface area contributed by atoms with E-state index in [1.807, 2.05) is 12.1 Å². The summed E-state index contributed by atoms with van der Waals surface area (Å²) in [5.41, 5.74) is 4.41. The van der Waals surface area contributed by atoms with E-state index >= 15 is 0 Å². The van der Waals surface area contributed by atoms with Crippen molar-refractivity contribution in [1.82, 2.24) is 14.9 Å². The van der Waals surface area contributed by atoms with Crippen molar-refractivity contribution in [3.8, 4) is 0 Å². The Hall–Kier alpha value is -2.22. The number of nitrogens with zero attached hydrogens (tertiary/aromatic N) is 2. The van der Waals surface area contributed by atoms with E-state index in [2.05, 4.69) is 35.0 Å². The van der Waals surface area contributed by atoms with Crippen LogP contribution in [-0.2, 0) is 27.7 Å². The molecule has 142 valence electrons. The number of benzene rings is 2. The van der Waals surface area contributed by atoms with Gasteiger partial charge in [0.1, 0.15) is 12.4 Å². The van der Waals surface area contributed by atoms with Gasteiger partial charge in [-0.2, -0.15) is 0 Å². The molecule has 0 unspecified atom stereocenters. The normalized spacial score (nSPS) is 17.2. The van der Waals surface area contributed by atoms with E-state index < -0.39 is 9.84 Å². The lowest BCUT2D eigenvalue weighted by molar-refractivity contribution is 0.0564. The first kappa shape index (κ1) is 18.2. The van der Waals surface area contributed by atoms with Crippen LogP contribution in [0.25, 0.3) is 11.0 Å². The molecule has 0 fully saturated rings. The lowest BCUT2D eigenvalue weighted by atomic mass is 10.2. The van der Waals surface area contributed by atoms with E-state index in [-0.39, 0.29) is 6.04 Å². The van der Waals surface area contributed by atoms with E-state index in [0.29, 0.717) is 24.7 Å². The molecule has 2 aromatic carbocycles. The fourth-order valence-electron chi connectivity index (χ4n) is 3.56. The Bertz CT molecular complexity index is 1070. The molecule has 0 amide bonds. The van der Waals surface area contributed by atoms with Crippen LogP contribution in [0.3, 0.4) is 0 Å². The second-order valence-corrected chi connectivity index (χ2v) is 9.07. The number of rotatable bonds is 5. The number of imidazole rings is 1. The van der Waals surface area contributed by atoms with Crippen molar-refractivity contribution in [3.63, 3.8) is 0 Å². The summed E-state index contributed by atoms with van der Waals surface area (Å²) in [5.74, 6) is 0.967. The number of nitrogens with one attached hydrogen (secondary N) is 1. The van der Waals surface area contributed by atoms with Gasteiger partial charge in [-0.05, 0) is 36.2 Å². The Balaban J connectivity index is 1.47. The maximum absolute atomic E-state index is 11.5. The van der Waals surface area contributed by atoms with Crippen molar-refractivity contribution in [2.24, 2.45) is 0 Å². The summed E-state index contributed by atoms with van der Waals surface area (Å²) in [4.78, 5) is 5.10. The summed E-state index contributed by atoms with van der Waals surface area (Å²) in [6, 6.07) is 13.4. The minimum absolute atomic E-state index is 0.177. The molecule has 0 radical (unpaired) electrons. The Labute approximate surface area is 159 Å². The second-order valence-electron chi connectivity index (χ2n) is 7.06. The van der Waals surface area contributed by atoms with Gasteiger partial charge in [0, 0.05) is 19.3 Å². The Morgan fingerprint density at radius 3 is 2.74 bits per heavy atom. The summed E-state index contributed by atoms with van der Waals surface area (Å²) < 4.78 is 31.1. The van der Waals surface area contributed by atoms with Crippen LogP contribution in [0.15, 0.2) is 47.4 Å². The summed E-state index contributed by atoms with van der Waals surface area (Å²) in [5, 5.41) is 3.46. The number of hydrogen-bond donors (Lipinski definition) is 1. The van der Waals surface area contributed by atoms with Crippen LogP contribution in [0.2, 0.25) is 0 Å². The molecule has 2 heterocycles. The topological polar surface area (TPSA) is 73.2 Å². The smallest absolute Gasteiger partial charge is 0.175 e. The average molecular weight is 385 g/mol. The minimum atomic E-state index is -3.16. The molecule has 3 aromatic rings. The van der Waals surface area contributed by atoms with Crippen LogP contribution < -0.4 is 5.32 Å². The fourth-order valence-corrected chi connectivity index (χ4v) is 4.19. The number of aromatic nitrogens is 2. The van der Waals surface area contributed by atoms with Gasteiger partial charge in [0.2, 0.25) is 0 Å². The zero-order valence-corrected chi connectivity index (χ0v) is 16.3. The largest absolute Gasteiger partial charge is 0.371 e. The molecule has 0 saturated heterocycles. The van der Waals surface area contributed by atoms with Crippen molar-refractivity contribution in [2.45, 2.75) is 31.0 Å². The van der Waals surface area contributed by atoms with Gasteiger partial charge in [0.25, 0.3) is 0 Å². The van der Waals surface area contributed by atoms with Crippen LogP contribution in [0.5, 0.6) is 0 Å². The maximum atomic E-state index is 11.5. The van der Waals surface area contributed by atoms with E-state index in [1.54, 1.807) is 12.1 Å². The standard InChI is InChI=1S/C20H23N3O3S/c1-14-4-3-5-18-20(14)22-19-13-26-12-16(23(18)19)11-21-10-15-6-8-17(9-7-15)27(2,24)25/h3-9,16,21H,10-13H2,1-2H3/t16-/m0/s1. The number of sulfone groups is 1. The maximum Gasteiger partial charge on any atom is 0.175 e.